The van der Waals surface area contributed by atoms with Gasteiger partial charge in [0.2, 0.25) is 0 Å². The first-order chi connectivity index (χ1) is 9.78. The molecule has 20 heavy (non-hydrogen) atoms. The van der Waals surface area contributed by atoms with E-state index in [-0.39, 0.29) is 0 Å². The molecule has 2 rings (SSSR count). The van der Waals surface area contributed by atoms with Gasteiger partial charge in [-0.15, -0.1) is 0 Å². The zero-order chi connectivity index (χ0) is 14.4. The van der Waals surface area contributed by atoms with Crippen LogP contribution in [0.1, 0.15) is 24.0 Å². The summed E-state index contributed by atoms with van der Waals surface area (Å²) >= 11 is 0. The van der Waals surface area contributed by atoms with Gasteiger partial charge in [0.05, 0.1) is 19.9 Å². The van der Waals surface area contributed by atoms with Gasteiger partial charge in [-0.3, -0.25) is 9.97 Å². The Morgan fingerprint density at radius 3 is 2.50 bits per heavy atom. The number of methoxy groups -OCH3 is 2. The summed E-state index contributed by atoms with van der Waals surface area (Å²) in [6, 6.07) is 7.95. The van der Waals surface area contributed by atoms with Gasteiger partial charge in [-0.25, -0.2) is 0 Å². The van der Waals surface area contributed by atoms with Gasteiger partial charge in [-0.2, -0.15) is 0 Å². The predicted molar refractivity (Wildman–Crippen MR) is 78.4 cm³/mol. The number of aromatic nitrogens is 2. The molecule has 0 aliphatic rings. The van der Waals surface area contributed by atoms with Gasteiger partial charge in [-0.05, 0) is 31.4 Å². The summed E-state index contributed by atoms with van der Waals surface area (Å²) in [5, 5.41) is 0. The lowest BCUT2D eigenvalue weighted by Crippen LogP contribution is -2.02. The Bertz CT molecular complexity index is 570. The normalized spacial score (nSPS) is 10.3. The van der Waals surface area contributed by atoms with Gasteiger partial charge < -0.3 is 9.47 Å². The zero-order valence-corrected chi connectivity index (χ0v) is 12.2. The third kappa shape index (κ3) is 3.26. The number of aryl methyl sites for hydroxylation is 3. The van der Waals surface area contributed by atoms with Crippen molar-refractivity contribution in [2.24, 2.45) is 0 Å². The van der Waals surface area contributed by atoms with Crippen molar-refractivity contribution in [2.45, 2.75) is 26.2 Å². The van der Waals surface area contributed by atoms with Gasteiger partial charge in [0, 0.05) is 23.7 Å². The first-order valence-corrected chi connectivity index (χ1v) is 6.79. The smallest absolute Gasteiger partial charge is 0.182 e. The number of pyridine rings is 2. The van der Waals surface area contributed by atoms with Crippen molar-refractivity contribution in [3.8, 4) is 11.5 Å². The number of nitrogens with zero attached hydrogens (tertiary/aromatic N) is 2. The molecule has 4 nitrogen and oxygen atoms in total. The van der Waals surface area contributed by atoms with Gasteiger partial charge in [-0.1, -0.05) is 13.0 Å². The van der Waals surface area contributed by atoms with E-state index in [4.69, 9.17) is 9.47 Å². The molecule has 0 fully saturated rings. The van der Waals surface area contributed by atoms with Gasteiger partial charge in [0.25, 0.3) is 0 Å². The Labute approximate surface area is 119 Å². The lowest BCUT2D eigenvalue weighted by atomic mass is 10.1. The van der Waals surface area contributed by atoms with Crippen LogP contribution in [0.3, 0.4) is 0 Å². The standard InChI is InChI=1S/C16H20N2O2/c1-4-12-6-5-7-13(18-12)8-9-14-16(20-3)15(19-2)10-11-17-14/h5-7,10-11H,4,8-9H2,1-3H3. The zero-order valence-electron chi connectivity index (χ0n) is 12.2. The van der Waals surface area contributed by atoms with E-state index in [1.807, 2.05) is 12.1 Å². The summed E-state index contributed by atoms with van der Waals surface area (Å²) in [7, 11) is 3.27. The van der Waals surface area contributed by atoms with E-state index in [2.05, 4.69) is 23.0 Å². The van der Waals surface area contributed by atoms with Crippen molar-refractivity contribution < 1.29 is 9.47 Å². The molecule has 0 aliphatic heterocycles. The van der Waals surface area contributed by atoms with E-state index >= 15 is 0 Å². The fourth-order valence-electron chi connectivity index (χ4n) is 2.14. The summed E-state index contributed by atoms with van der Waals surface area (Å²) in [4.78, 5) is 8.99. The van der Waals surface area contributed by atoms with Crippen LogP contribution >= 0.6 is 0 Å². The maximum absolute atomic E-state index is 5.39. The minimum absolute atomic E-state index is 0.710. The Hall–Kier alpha value is -2.10. The SMILES string of the molecule is CCc1cccc(CCc2nccc(OC)c2OC)n1. The van der Waals surface area contributed by atoms with E-state index in [1.165, 1.54) is 0 Å². The second kappa shape index (κ2) is 6.89. The van der Waals surface area contributed by atoms with E-state index < -0.39 is 0 Å². The molecule has 0 radical (unpaired) electrons. The number of hydrogen-bond acceptors (Lipinski definition) is 4. The van der Waals surface area contributed by atoms with Gasteiger partial charge in [0.1, 0.15) is 0 Å². The highest BCUT2D eigenvalue weighted by Gasteiger charge is 2.11. The lowest BCUT2D eigenvalue weighted by Gasteiger charge is -2.11. The second-order valence-electron chi connectivity index (χ2n) is 4.47. The first-order valence-electron chi connectivity index (χ1n) is 6.79. The van der Waals surface area contributed by atoms with Crippen LogP contribution in [0.2, 0.25) is 0 Å². The van der Waals surface area contributed by atoms with Crippen LogP contribution in [0.5, 0.6) is 11.5 Å². The molecule has 0 saturated carbocycles. The monoisotopic (exact) mass is 272 g/mol. The molecule has 4 heteroatoms. The molecule has 0 aromatic carbocycles. The van der Waals surface area contributed by atoms with Crippen molar-refractivity contribution in [3.05, 3.63) is 47.5 Å². The number of hydrogen-bond donors (Lipinski definition) is 0. The van der Waals surface area contributed by atoms with Crippen LogP contribution in [-0.4, -0.2) is 24.2 Å². The molecule has 0 spiro atoms. The topological polar surface area (TPSA) is 44.2 Å². The summed E-state index contributed by atoms with van der Waals surface area (Å²) in [6.07, 6.45) is 4.31. The minimum atomic E-state index is 0.710. The molecule has 0 aliphatic carbocycles. The minimum Gasteiger partial charge on any atom is -0.493 e. The Kier molecular flexibility index (Phi) is 4.93. The van der Waals surface area contributed by atoms with Crippen LogP contribution in [-0.2, 0) is 19.3 Å². The van der Waals surface area contributed by atoms with Crippen LogP contribution in [0, 0.1) is 0 Å². The van der Waals surface area contributed by atoms with Crippen LogP contribution < -0.4 is 9.47 Å². The van der Waals surface area contributed by atoms with E-state index in [9.17, 15) is 0 Å². The molecule has 106 valence electrons. The van der Waals surface area contributed by atoms with Crippen molar-refractivity contribution >= 4 is 0 Å². The average Bonchev–Trinajstić information content (AvgIpc) is 2.52. The van der Waals surface area contributed by atoms with Crippen molar-refractivity contribution in [1.82, 2.24) is 9.97 Å². The summed E-state index contributed by atoms with van der Waals surface area (Å²) in [5.74, 6) is 1.43. The highest BCUT2D eigenvalue weighted by Crippen LogP contribution is 2.29. The van der Waals surface area contributed by atoms with E-state index in [1.54, 1.807) is 26.5 Å². The molecule has 2 heterocycles. The van der Waals surface area contributed by atoms with E-state index in [0.29, 0.717) is 11.5 Å². The quantitative estimate of drug-likeness (QED) is 0.811. The summed E-state index contributed by atoms with van der Waals surface area (Å²) < 4.78 is 10.7. The third-order valence-electron chi connectivity index (χ3n) is 3.21. The average molecular weight is 272 g/mol. The van der Waals surface area contributed by atoms with Gasteiger partial charge in [0.15, 0.2) is 11.5 Å². The maximum Gasteiger partial charge on any atom is 0.182 e. The molecular formula is C16H20N2O2. The van der Waals surface area contributed by atoms with Crippen LogP contribution in [0.25, 0.3) is 0 Å². The molecule has 0 N–H and O–H groups in total. The summed E-state index contributed by atoms with van der Waals surface area (Å²) in [6.45, 7) is 2.11. The van der Waals surface area contributed by atoms with Crippen LogP contribution in [0.4, 0.5) is 0 Å². The maximum atomic E-state index is 5.39. The van der Waals surface area contributed by atoms with E-state index in [0.717, 1.165) is 36.3 Å². The number of ether oxygens (including phenoxy) is 2. The highest BCUT2D eigenvalue weighted by molar-refractivity contribution is 5.42. The largest absolute Gasteiger partial charge is 0.493 e. The molecule has 0 saturated heterocycles. The van der Waals surface area contributed by atoms with Crippen molar-refractivity contribution in [1.29, 1.82) is 0 Å². The summed E-state index contributed by atoms with van der Waals surface area (Å²) in [5.41, 5.74) is 3.10. The molecule has 0 unspecified atom stereocenters. The molecule has 2 aromatic heterocycles. The van der Waals surface area contributed by atoms with Crippen molar-refractivity contribution in [3.63, 3.8) is 0 Å². The fourth-order valence-corrected chi connectivity index (χ4v) is 2.14. The molecule has 0 amide bonds. The number of rotatable bonds is 6. The Morgan fingerprint density at radius 1 is 1.00 bits per heavy atom. The Morgan fingerprint density at radius 2 is 1.80 bits per heavy atom. The predicted octanol–water partition coefficient (Wildman–Crippen LogP) is 2.84. The first kappa shape index (κ1) is 14.3. The second-order valence-corrected chi connectivity index (χ2v) is 4.47. The fraction of sp³-hybridized carbons (Fsp3) is 0.375. The highest BCUT2D eigenvalue weighted by atomic mass is 16.5. The molecular weight excluding hydrogens is 252 g/mol. The van der Waals surface area contributed by atoms with Gasteiger partial charge >= 0.3 is 0 Å². The molecule has 2 aromatic rings. The Balaban J connectivity index is 2.14. The molecule has 0 atom stereocenters. The third-order valence-corrected chi connectivity index (χ3v) is 3.21. The molecule has 0 bridgehead atoms. The van der Waals surface area contributed by atoms with Crippen LogP contribution in [0.15, 0.2) is 30.5 Å². The van der Waals surface area contributed by atoms with Crippen molar-refractivity contribution in [2.75, 3.05) is 14.2 Å². The lowest BCUT2D eigenvalue weighted by molar-refractivity contribution is 0.349.